The number of aryl methyl sites for hydroxylation is 2. The van der Waals surface area contributed by atoms with Gasteiger partial charge in [-0.2, -0.15) is 0 Å². The summed E-state index contributed by atoms with van der Waals surface area (Å²) in [6.45, 7) is 3.95. The van der Waals surface area contributed by atoms with Gasteiger partial charge in [-0.3, -0.25) is 4.79 Å². The molecule has 1 unspecified atom stereocenters. The maximum Gasteiger partial charge on any atom is 0.262 e. The molecule has 20 heavy (non-hydrogen) atoms. The first-order chi connectivity index (χ1) is 9.54. The van der Waals surface area contributed by atoms with Crippen LogP contribution in [0, 0.1) is 13.8 Å². The number of hydrogen-bond acceptors (Lipinski definition) is 3. The molecule has 1 aliphatic rings. The Morgan fingerprint density at radius 1 is 1.30 bits per heavy atom. The van der Waals surface area contributed by atoms with Crippen molar-refractivity contribution in [3.05, 3.63) is 46.9 Å². The highest BCUT2D eigenvalue weighted by Crippen LogP contribution is 2.38. The average molecular weight is 336 g/mol. The maximum atomic E-state index is 11.4. The van der Waals surface area contributed by atoms with Gasteiger partial charge in [0.2, 0.25) is 0 Å². The number of furan rings is 1. The molecule has 0 aliphatic carbocycles. The first-order valence-corrected chi connectivity index (χ1v) is 7.24. The number of fused-ring (bicyclic) bond motifs is 1. The van der Waals surface area contributed by atoms with Crippen LogP contribution >= 0.6 is 15.9 Å². The van der Waals surface area contributed by atoms with E-state index in [9.17, 15) is 4.79 Å². The lowest BCUT2D eigenvalue weighted by Crippen LogP contribution is -2.25. The van der Waals surface area contributed by atoms with Gasteiger partial charge in [0.05, 0.1) is 10.5 Å². The van der Waals surface area contributed by atoms with Gasteiger partial charge in [-0.05, 0) is 37.6 Å². The van der Waals surface area contributed by atoms with E-state index in [1.165, 1.54) is 0 Å². The Balaban J connectivity index is 1.96. The summed E-state index contributed by atoms with van der Waals surface area (Å²) < 4.78 is 10.9. The van der Waals surface area contributed by atoms with Gasteiger partial charge in [0.15, 0.2) is 6.61 Å². The van der Waals surface area contributed by atoms with Crippen molar-refractivity contribution in [3.63, 3.8) is 0 Å². The first-order valence-electron chi connectivity index (χ1n) is 6.32. The lowest BCUT2D eigenvalue weighted by Gasteiger charge is -2.19. The number of nitrogens with one attached hydrogen (secondary N) is 1. The topological polar surface area (TPSA) is 51.5 Å². The molecule has 0 fully saturated rings. The van der Waals surface area contributed by atoms with Crippen molar-refractivity contribution < 1.29 is 13.9 Å². The standard InChI is InChI=1S/C15H14BrNO3/c1-8-5-11(9(2)20-8)15(16)10-3-4-13-12(6-10)17-14(18)7-19-13/h3-6,15H,7H2,1-2H3,(H,17,18). The van der Waals surface area contributed by atoms with E-state index in [2.05, 4.69) is 21.2 Å². The monoisotopic (exact) mass is 335 g/mol. The van der Waals surface area contributed by atoms with Crippen LogP contribution in [-0.2, 0) is 4.79 Å². The molecule has 1 atom stereocenters. The molecular weight excluding hydrogens is 322 g/mol. The molecule has 0 bridgehead atoms. The van der Waals surface area contributed by atoms with E-state index in [0.29, 0.717) is 11.4 Å². The summed E-state index contributed by atoms with van der Waals surface area (Å²) in [5.74, 6) is 2.35. The van der Waals surface area contributed by atoms with E-state index < -0.39 is 0 Å². The van der Waals surface area contributed by atoms with Crippen molar-refractivity contribution in [2.45, 2.75) is 18.7 Å². The molecule has 0 saturated carbocycles. The van der Waals surface area contributed by atoms with E-state index in [0.717, 1.165) is 22.6 Å². The molecule has 3 rings (SSSR count). The lowest BCUT2D eigenvalue weighted by atomic mass is 10.0. The van der Waals surface area contributed by atoms with Crippen LogP contribution in [0.3, 0.4) is 0 Å². The third-order valence-electron chi connectivity index (χ3n) is 3.28. The zero-order valence-corrected chi connectivity index (χ0v) is 12.8. The van der Waals surface area contributed by atoms with E-state index in [1.54, 1.807) is 0 Å². The van der Waals surface area contributed by atoms with Crippen LogP contribution in [0.4, 0.5) is 5.69 Å². The molecule has 1 N–H and O–H groups in total. The van der Waals surface area contributed by atoms with E-state index in [-0.39, 0.29) is 17.3 Å². The zero-order chi connectivity index (χ0) is 14.3. The largest absolute Gasteiger partial charge is 0.482 e. The quantitative estimate of drug-likeness (QED) is 0.851. The Kier molecular flexibility index (Phi) is 3.30. The second-order valence-corrected chi connectivity index (χ2v) is 5.74. The highest BCUT2D eigenvalue weighted by Gasteiger charge is 2.20. The van der Waals surface area contributed by atoms with E-state index in [1.807, 2.05) is 38.1 Å². The van der Waals surface area contributed by atoms with Gasteiger partial charge in [-0.15, -0.1) is 0 Å². The number of carbonyl (C=O) groups excluding carboxylic acids is 1. The molecule has 5 heteroatoms. The van der Waals surface area contributed by atoms with Crippen molar-refractivity contribution >= 4 is 27.5 Å². The van der Waals surface area contributed by atoms with Gasteiger partial charge in [0.1, 0.15) is 17.3 Å². The third kappa shape index (κ3) is 2.33. The minimum atomic E-state index is -0.129. The van der Waals surface area contributed by atoms with Crippen LogP contribution < -0.4 is 10.1 Å². The van der Waals surface area contributed by atoms with Gasteiger partial charge in [-0.25, -0.2) is 0 Å². The number of hydrogen-bond donors (Lipinski definition) is 1. The summed E-state index contributed by atoms with van der Waals surface area (Å²) in [5.41, 5.74) is 2.84. The minimum absolute atomic E-state index is 0.0177. The Hall–Kier alpha value is -1.75. The van der Waals surface area contributed by atoms with E-state index in [4.69, 9.17) is 9.15 Å². The second kappa shape index (κ2) is 4.98. The van der Waals surface area contributed by atoms with Gasteiger partial charge in [-0.1, -0.05) is 22.0 Å². The Morgan fingerprint density at radius 2 is 2.10 bits per heavy atom. The van der Waals surface area contributed by atoms with Gasteiger partial charge >= 0.3 is 0 Å². The van der Waals surface area contributed by atoms with Crippen molar-refractivity contribution in [1.82, 2.24) is 0 Å². The molecule has 1 amide bonds. The summed E-state index contributed by atoms with van der Waals surface area (Å²) in [4.78, 5) is 11.4. The SMILES string of the molecule is Cc1cc(C(Br)c2ccc3c(c2)NC(=O)CO3)c(C)o1. The van der Waals surface area contributed by atoms with Crippen LogP contribution in [0.25, 0.3) is 0 Å². The minimum Gasteiger partial charge on any atom is -0.482 e. The van der Waals surface area contributed by atoms with Gasteiger partial charge < -0.3 is 14.5 Å². The molecule has 1 aromatic carbocycles. The Bertz CT molecular complexity index is 678. The number of alkyl halides is 1. The number of halogens is 1. The van der Waals surface area contributed by atoms with Crippen molar-refractivity contribution in [1.29, 1.82) is 0 Å². The second-order valence-electron chi connectivity index (χ2n) is 4.82. The molecule has 1 aromatic heterocycles. The number of benzene rings is 1. The molecule has 4 nitrogen and oxygen atoms in total. The predicted molar refractivity (Wildman–Crippen MR) is 79.5 cm³/mol. The van der Waals surface area contributed by atoms with Crippen molar-refractivity contribution in [3.8, 4) is 5.75 Å². The fourth-order valence-corrected chi connectivity index (χ4v) is 3.08. The van der Waals surface area contributed by atoms with Crippen molar-refractivity contribution in [2.24, 2.45) is 0 Å². The molecule has 0 spiro atoms. The van der Waals surface area contributed by atoms with Gasteiger partial charge in [0.25, 0.3) is 5.91 Å². The van der Waals surface area contributed by atoms with Crippen LogP contribution in [-0.4, -0.2) is 12.5 Å². The van der Waals surface area contributed by atoms with Crippen LogP contribution in [0.2, 0.25) is 0 Å². The molecular formula is C15H14BrNO3. The summed E-state index contributed by atoms with van der Waals surface area (Å²) >= 11 is 3.69. The summed E-state index contributed by atoms with van der Waals surface area (Å²) in [7, 11) is 0. The Labute approximate surface area is 125 Å². The van der Waals surface area contributed by atoms with Crippen molar-refractivity contribution in [2.75, 3.05) is 11.9 Å². The number of anilines is 1. The third-order valence-corrected chi connectivity index (χ3v) is 4.30. The molecule has 0 saturated heterocycles. The zero-order valence-electron chi connectivity index (χ0n) is 11.2. The number of amides is 1. The van der Waals surface area contributed by atoms with E-state index >= 15 is 0 Å². The highest BCUT2D eigenvalue weighted by atomic mass is 79.9. The van der Waals surface area contributed by atoms with Crippen LogP contribution in [0.1, 0.15) is 27.5 Å². The number of carbonyl (C=O) groups is 1. The fraction of sp³-hybridized carbons (Fsp3) is 0.267. The highest BCUT2D eigenvalue weighted by molar-refractivity contribution is 9.09. The summed E-state index contributed by atoms with van der Waals surface area (Å²) in [5, 5.41) is 2.82. The molecule has 104 valence electrons. The smallest absolute Gasteiger partial charge is 0.262 e. The van der Waals surface area contributed by atoms with Crippen LogP contribution in [0.15, 0.2) is 28.7 Å². The average Bonchev–Trinajstić information content (AvgIpc) is 2.76. The number of ether oxygens (including phenoxy) is 1. The normalized spacial score (nSPS) is 15.2. The molecule has 2 aromatic rings. The Morgan fingerprint density at radius 3 is 2.80 bits per heavy atom. The lowest BCUT2D eigenvalue weighted by molar-refractivity contribution is -0.118. The molecule has 0 radical (unpaired) electrons. The van der Waals surface area contributed by atoms with Gasteiger partial charge in [0, 0.05) is 5.56 Å². The first kappa shape index (κ1) is 13.2. The number of rotatable bonds is 2. The fourth-order valence-electron chi connectivity index (χ4n) is 2.34. The summed E-state index contributed by atoms with van der Waals surface area (Å²) in [6.07, 6.45) is 0. The molecule has 2 heterocycles. The maximum absolute atomic E-state index is 11.4. The predicted octanol–water partition coefficient (Wildman–Crippen LogP) is 3.71. The van der Waals surface area contributed by atoms with Crippen LogP contribution in [0.5, 0.6) is 5.75 Å². The molecule has 1 aliphatic heterocycles. The summed E-state index contributed by atoms with van der Waals surface area (Å²) in [6, 6.07) is 7.80.